The fourth-order valence-electron chi connectivity index (χ4n) is 1.92. The van der Waals surface area contributed by atoms with Crippen LogP contribution in [-0.2, 0) is 20.7 Å². The van der Waals surface area contributed by atoms with Gasteiger partial charge in [-0.1, -0.05) is 6.07 Å². The molecule has 25 heavy (non-hydrogen) atoms. The van der Waals surface area contributed by atoms with Crippen LogP contribution in [-0.4, -0.2) is 34.3 Å². The van der Waals surface area contributed by atoms with Gasteiger partial charge in [0.05, 0.1) is 0 Å². The van der Waals surface area contributed by atoms with E-state index in [9.17, 15) is 14.7 Å². The Morgan fingerprint density at radius 1 is 1.08 bits per heavy atom. The van der Waals surface area contributed by atoms with Crippen LogP contribution in [0.1, 0.15) is 57.5 Å². The second kappa shape index (κ2) is 8.54. The summed E-state index contributed by atoms with van der Waals surface area (Å²) >= 11 is 0. The van der Waals surface area contributed by atoms with Crippen molar-refractivity contribution in [1.82, 2.24) is 0 Å². The van der Waals surface area contributed by atoms with Crippen molar-refractivity contribution in [2.45, 2.75) is 65.2 Å². The fraction of sp³-hybridized carbons (Fsp3) is 0.556. The zero-order chi connectivity index (χ0) is 18.7. The van der Waals surface area contributed by atoms with Crippen molar-refractivity contribution in [2.75, 3.05) is 0 Å². The summed E-state index contributed by atoms with van der Waals surface area (Å²) in [6.07, 6.45) is 0.186. The molecule has 0 bridgehead atoms. The minimum atomic E-state index is -0.861. The molecular formula is C18H28ClNO5. The van der Waals surface area contributed by atoms with Crippen LogP contribution in [0.4, 0.5) is 0 Å². The lowest BCUT2D eigenvalue weighted by Crippen LogP contribution is -2.38. The Balaban J connectivity index is 0.00000576. The SMILES string of the molecule is CC(C)(C)OC(=O)c1cc(C[C@H](N)C(=O)OC(C)(C)C)ccc1O.Cl. The molecule has 0 radical (unpaired) electrons. The molecule has 0 aliphatic heterocycles. The van der Waals surface area contributed by atoms with E-state index < -0.39 is 29.2 Å². The van der Waals surface area contributed by atoms with Crippen molar-refractivity contribution in [1.29, 1.82) is 0 Å². The largest absolute Gasteiger partial charge is 0.507 e. The van der Waals surface area contributed by atoms with E-state index in [2.05, 4.69) is 0 Å². The van der Waals surface area contributed by atoms with E-state index in [1.54, 1.807) is 47.6 Å². The third-order valence-corrected chi connectivity index (χ3v) is 2.84. The van der Waals surface area contributed by atoms with Gasteiger partial charge in [0.15, 0.2) is 0 Å². The quantitative estimate of drug-likeness (QED) is 0.787. The molecule has 0 saturated heterocycles. The molecule has 1 aromatic carbocycles. The van der Waals surface area contributed by atoms with Gasteiger partial charge in [0.2, 0.25) is 0 Å². The summed E-state index contributed by atoms with van der Waals surface area (Å²) in [7, 11) is 0. The zero-order valence-corrected chi connectivity index (χ0v) is 16.4. The van der Waals surface area contributed by atoms with Gasteiger partial charge in [0.25, 0.3) is 0 Å². The summed E-state index contributed by atoms with van der Waals surface area (Å²) < 4.78 is 10.5. The summed E-state index contributed by atoms with van der Waals surface area (Å²) in [5.41, 5.74) is 5.25. The number of nitrogens with two attached hydrogens (primary N) is 1. The van der Waals surface area contributed by atoms with Crippen molar-refractivity contribution in [3.8, 4) is 5.75 Å². The Morgan fingerprint density at radius 2 is 1.60 bits per heavy atom. The number of hydrogen-bond acceptors (Lipinski definition) is 6. The maximum absolute atomic E-state index is 12.1. The van der Waals surface area contributed by atoms with E-state index in [0.29, 0.717) is 5.56 Å². The first-order chi connectivity index (χ1) is 10.8. The molecule has 142 valence electrons. The number of phenolic OH excluding ortho intramolecular Hbond substituents is 1. The second-order valence-corrected chi connectivity index (χ2v) is 7.70. The molecular weight excluding hydrogens is 346 g/mol. The van der Waals surface area contributed by atoms with Gasteiger partial charge in [-0.15, -0.1) is 12.4 Å². The number of carbonyl (C=O) groups excluding carboxylic acids is 2. The Kier molecular flexibility index (Phi) is 7.93. The van der Waals surface area contributed by atoms with Crippen molar-refractivity contribution in [2.24, 2.45) is 5.73 Å². The summed E-state index contributed by atoms with van der Waals surface area (Å²) in [6, 6.07) is 3.61. The Bertz CT molecular complexity index is 617. The molecule has 0 unspecified atom stereocenters. The van der Waals surface area contributed by atoms with E-state index in [0.717, 1.165) is 0 Å². The molecule has 3 N–H and O–H groups in total. The summed E-state index contributed by atoms with van der Waals surface area (Å²) in [5.74, 6) is -1.33. The predicted octanol–water partition coefficient (Wildman–Crippen LogP) is 2.98. The smallest absolute Gasteiger partial charge is 0.342 e. The Morgan fingerprint density at radius 3 is 2.08 bits per heavy atom. The van der Waals surface area contributed by atoms with Crippen LogP contribution < -0.4 is 5.73 Å². The molecule has 7 heteroatoms. The van der Waals surface area contributed by atoms with Gasteiger partial charge in [-0.3, -0.25) is 4.79 Å². The minimum absolute atomic E-state index is 0. The van der Waals surface area contributed by atoms with Gasteiger partial charge in [-0.05, 0) is 65.7 Å². The van der Waals surface area contributed by atoms with Crippen LogP contribution in [0.2, 0.25) is 0 Å². The van der Waals surface area contributed by atoms with Crippen LogP contribution in [0.5, 0.6) is 5.75 Å². The number of esters is 2. The summed E-state index contributed by atoms with van der Waals surface area (Å²) in [5, 5.41) is 9.87. The normalized spacial score (nSPS) is 12.8. The molecule has 1 aromatic rings. The van der Waals surface area contributed by atoms with Gasteiger partial charge in [-0.2, -0.15) is 0 Å². The van der Waals surface area contributed by atoms with Crippen molar-refractivity contribution < 1.29 is 24.2 Å². The molecule has 0 fully saturated rings. The van der Waals surface area contributed by atoms with Gasteiger partial charge >= 0.3 is 11.9 Å². The third-order valence-electron chi connectivity index (χ3n) is 2.84. The van der Waals surface area contributed by atoms with Crippen molar-refractivity contribution >= 4 is 24.3 Å². The summed E-state index contributed by atoms with van der Waals surface area (Å²) in [6.45, 7) is 10.5. The van der Waals surface area contributed by atoms with Crippen LogP contribution in [0, 0.1) is 0 Å². The van der Waals surface area contributed by atoms with Crippen molar-refractivity contribution in [3.05, 3.63) is 29.3 Å². The van der Waals surface area contributed by atoms with E-state index >= 15 is 0 Å². The predicted molar refractivity (Wildman–Crippen MR) is 98.0 cm³/mol. The molecule has 0 amide bonds. The zero-order valence-electron chi connectivity index (χ0n) is 15.6. The monoisotopic (exact) mass is 373 g/mol. The number of aromatic hydroxyl groups is 1. The van der Waals surface area contributed by atoms with E-state index in [-0.39, 0.29) is 30.1 Å². The number of halogens is 1. The number of benzene rings is 1. The van der Waals surface area contributed by atoms with Crippen LogP contribution in [0.25, 0.3) is 0 Å². The molecule has 0 aliphatic rings. The fourth-order valence-corrected chi connectivity index (χ4v) is 1.92. The highest BCUT2D eigenvalue weighted by atomic mass is 35.5. The average Bonchev–Trinajstić information content (AvgIpc) is 2.36. The van der Waals surface area contributed by atoms with Gasteiger partial charge in [-0.25, -0.2) is 4.79 Å². The number of carbonyl (C=O) groups is 2. The maximum atomic E-state index is 12.1. The van der Waals surface area contributed by atoms with E-state index in [1.165, 1.54) is 12.1 Å². The van der Waals surface area contributed by atoms with E-state index in [4.69, 9.17) is 15.2 Å². The lowest BCUT2D eigenvalue weighted by Gasteiger charge is -2.22. The second-order valence-electron chi connectivity index (χ2n) is 7.70. The van der Waals surface area contributed by atoms with Crippen LogP contribution in [0.15, 0.2) is 18.2 Å². The number of rotatable bonds is 4. The van der Waals surface area contributed by atoms with Crippen LogP contribution >= 0.6 is 12.4 Å². The Hall–Kier alpha value is -1.79. The molecule has 0 saturated carbocycles. The van der Waals surface area contributed by atoms with E-state index in [1.807, 2.05) is 0 Å². The first-order valence-electron chi connectivity index (χ1n) is 7.82. The molecule has 1 atom stereocenters. The number of phenols is 1. The van der Waals surface area contributed by atoms with Gasteiger partial charge in [0.1, 0.15) is 28.6 Å². The summed E-state index contributed by atoms with van der Waals surface area (Å²) in [4.78, 5) is 24.1. The molecule has 0 heterocycles. The molecule has 0 spiro atoms. The maximum Gasteiger partial charge on any atom is 0.342 e. The minimum Gasteiger partial charge on any atom is -0.507 e. The topological polar surface area (TPSA) is 98.9 Å². The standard InChI is InChI=1S/C18H27NO5.ClH/c1-17(2,3)23-15(21)12-9-11(7-8-14(12)20)10-13(19)16(22)24-18(4,5)6;/h7-9,13,20H,10,19H2,1-6H3;1H/t13-;/m0./s1. The number of ether oxygens (including phenoxy) is 2. The third kappa shape index (κ3) is 8.23. The highest BCUT2D eigenvalue weighted by Gasteiger charge is 2.24. The number of hydrogen-bond donors (Lipinski definition) is 2. The van der Waals surface area contributed by atoms with Crippen LogP contribution in [0.3, 0.4) is 0 Å². The molecule has 1 rings (SSSR count). The molecule has 0 aromatic heterocycles. The van der Waals surface area contributed by atoms with Crippen molar-refractivity contribution in [3.63, 3.8) is 0 Å². The average molecular weight is 374 g/mol. The lowest BCUT2D eigenvalue weighted by molar-refractivity contribution is -0.156. The lowest BCUT2D eigenvalue weighted by atomic mass is 10.0. The highest BCUT2D eigenvalue weighted by molar-refractivity contribution is 5.93. The molecule has 0 aliphatic carbocycles. The first-order valence-corrected chi connectivity index (χ1v) is 7.82. The van der Waals surface area contributed by atoms with Gasteiger partial charge in [0, 0.05) is 0 Å². The Labute approximate surface area is 155 Å². The first kappa shape index (κ1) is 23.2. The molecule has 6 nitrogen and oxygen atoms in total. The highest BCUT2D eigenvalue weighted by Crippen LogP contribution is 2.23. The van der Waals surface area contributed by atoms with Gasteiger partial charge < -0.3 is 20.3 Å².